The summed E-state index contributed by atoms with van der Waals surface area (Å²) in [4.78, 5) is 14.9. The molecule has 2 atom stereocenters. The Morgan fingerprint density at radius 2 is 2.10 bits per heavy atom. The molecule has 9 nitrogen and oxygen atoms in total. The average Bonchev–Trinajstić information content (AvgIpc) is 3.41. The van der Waals surface area contributed by atoms with Crippen LogP contribution in [-0.2, 0) is 0 Å². The second kappa shape index (κ2) is 7.86. The molecule has 0 radical (unpaired) electrons. The van der Waals surface area contributed by atoms with E-state index in [0.29, 0.717) is 29.8 Å². The largest absolute Gasteiger partial charge is 0.478 e. The van der Waals surface area contributed by atoms with Gasteiger partial charge in [-0.05, 0) is 56.4 Å². The van der Waals surface area contributed by atoms with Gasteiger partial charge in [0.1, 0.15) is 17.6 Å². The molecule has 2 unspecified atom stereocenters. The van der Waals surface area contributed by atoms with Gasteiger partial charge in [-0.3, -0.25) is 4.40 Å². The van der Waals surface area contributed by atoms with Crippen LogP contribution in [0.3, 0.4) is 0 Å². The molecule has 0 N–H and O–H groups in total. The lowest BCUT2D eigenvalue weighted by atomic mass is 9.90. The summed E-state index contributed by atoms with van der Waals surface area (Å²) < 4.78 is 7.75. The fourth-order valence-electron chi connectivity index (χ4n) is 4.64. The summed E-state index contributed by atoms with van der Waals surface area (Å²) in [6, 6.07) is 5.56. The van der Waals surface area contributed by atoms with Crippen molar-refractivity contribution < 1.29 is 4.74 Å². The summed E-state index contributed by atoms with van der Waals surface area (Å²) in [6.07, 6.45) is 8.42. The van der Waals surface area contributed by atoms with Crippen LogP contribution < -0.4 is 9.64 Å². The number of piperidine rings is 1. The summed E-state index contributed by atoms with van der Waals surface area (Å²) >= 11 is 0. The Kier molecular flexibility index (Phi) is 4.91. The van der Waals surface area contributed by atoms with E-state index < -0.39 is 0 Å². The summed E-state index contributed by atoms with van der Waals surface area (Å²) in [5.41, 5.74) is 0.352. The fraction of sp³-hybridized carbons (Fsp3) is 0.524. The van der Waals surface area contributed by atoms with Crippen LogP contribution in [0.2, 0.25) is 0 Å². The van der Waals surface area contributed by atoms with Crippen molar-refractivity contribution in [1.29, 1.82) is 5.26 Å². The Hall–Kier alpha value is -3.28. The Bertz CT molecular complexity index is 1080. The van der Waals surface area contributed by atoms with Crippen LogP contribution in [0.25, 0.3) is 5.78 Å². The lowest BCUT2D eigenvalue weighted by molar-refractivity contribution is 0.275. The number of hydrogen-bond acceptors (Lipinski definition) is 8. The van der Waals surface area contributed by atoms with E-state index in [1.807, 2.05) is 22.7 Å². The monoisotopic (exact) mass is 404 g/mol. The van der Waals surface area contributed by atoms with E-state index in [9.17, 15) is 0 Å². The third kappa shape index (κ3) is 3.77. The third-order valence-corrected chi connectivity index (χ3v) is 6.24. The molecule has 9 heteroatoms. The molecular weight excluding hydrogens is 380 g/mol. The van der Waals surface area contributed by atoms with Gasteiger partial charge >= 0.3 is 0 Å². The minimum atomic E-state index is 0.352. The quantitative estimate of drug-likeness (QED) is 0.617. The molecule has 30 heavy (non-hydrogen) atoms. The highest BCUT2D eigenvalue weighted by molar-refractivity contribution is 5.41. The second-order valence-electron chi connectivity index (χ2n) is 8.16. The van der Waals surface area contributed by atoms with Crippen LogP contribution in [0, 0.1) is 36.0 Å². The Morgan fingerprint density at radius 3 is 2.93 bits per heavy atom. The van der Waals surface area contributed by atoms with Gasteiger partial charge in [0.05, 0.1) is 6.61 Å². The van der Waals surface area contributed by atoms with Gasteiger partial charge in [0.25, 0.3) is 5.78 Å². The molecule has 4 heterocycles. The van der Waals surface area contributed by atoms with Crippen molar-refractivity contribution >= 4 is 11.7 Å². The standard InChI is InChI=1S/C21H24N8O/c1-14-24-17(13-22)12-19(25-14)30-10-5-16-11-18(16)15-3-8-28(9-4-15)21-27-26-20-23-6-2-7-29(20)21/h2,6-7,12,15-16,18H,3-5,8-11H2,1H3. The summed E-state index contributed by atoms with van der Waals surface area (Å²) in [7, 11) is 0. The lowest BCUT2D eigenvalue weighted by Crippen LogP contribution is -2.35. The predicted molar refractivity (Wildman–Crippen MR) is 109 cm³/mol. The van der Waals surface area contributed by atoms with Crippen molar-refractivity contribution in [2.24, 2.45) is 17.8 Å². The molecule has 3 aromatic rings. The van der Waals surface area contributed by atoms with E-state index in [1.54, 1.807) is 19.2 Å². The molecule has 0 bridgehead atoms. The topological polar surface area (TPSA) is 105 Å². The minimum absolute atomic E-state index is 0.352. The molecule has 0 amide bonds. The molecule has 1 aliphatic heterocycles. The van der Waals surface area contributed by atoms with Crippen LogP contribution >= 0.6 is 0 Å². The number of ether oxygens (including phenoxy) is 1. The van der Waals surface area contributed by atoms with E-state index in [1.165, 1.54) is 19.3 Å². The molecule has 154 valence electrons. The molecule has 5 rings (SSSR count). The normalized spacial score (nSPS) is 21.5. The fourth-order valence-corrected chi connectivity index (χ4v) is 4.64. The lowest BCUT2D eigenvalue weighted by Gasteiger charge is -2.32. The van der Waals surface area contributed by atoms with E-state index in [4.69, 9.17) is 10.00 Å². The smallest absolute Gasteiger partial charge is 0.256 e. The molecular formula is C21H24N8O. The number of aromatic nitrogens is 6. The third-order valence-electron chi connectivity index (χ3n) is 6.24. The number of anilines is 1. The molecule has 3 aromatic heterocycles. The summed E-state index contributed by atoms with van der Waals surface area (Å²) in [5.74, 6) is 4.92. The first-order valence-corrected chi connectivity index (χ1v) is 10.5. The van der Waals surface area contributed by atoms with Gasteiger partial charge in [-0.2, -0.15) is 10.2 Å². The van der Waals surface area contributed by atoms with Crippen molar-refractivity contribution in [3.05, 3.63) is 36.0 Å². The highest BCUT2D eigenvalue weighted by atomic mass is 16.5. The van der Waals surface area contributed by atoms with E-state index in [-0.39, 0.29) is 0 Å². The molecule has 1 saturated heterocycles. The van der Waals surface area contributed by atoms with Gasteiger partial charge in [0, 0.05) is 31.5 Å². The summed E-state index contributed by atoms with van der Waals surface area (Å²) in [5, 5.41) is 17.5. The zero-order valence-corrected chi connectivity index (χ0v) is 17.0. The van der Waals surface area contributed by atoms with Crippen molar-refractivity contribution in [3.63, 3.8) is 0 Å². The first-order chi connectivity index (χ1) is 14.7. The molecule has 1 aliphatic carbocycles. The second-order valence-corrected chi connectivity index (χ2v) is 8.16. The van der Waals surface area contributed by atoms with Gasteiger partial charge in [-0.25, -0.2) is 9.97 Å². The maximum atomic E-state index is 9.01. The van der Waals surface area contributed by atoms with E-state index >= 15 is 0 Å². The van der Waals surface area contributed by atoms with E-state index in [0.717, 1.165) is 43.2 Å². The highest BCUT2D eigenvalue weighted by Crippen LogP contribution is 2.49. The predicted octanol–water partition coefficient (Wildman–Crippen LogP) is 2.42. The van der Waals surface area contributed by atoms with Gasteiger partial charge in [0.2, 0.25) is 11.8 Å². The number of hydrogen-bond donors (Lipinski definition) is 0. The number of rotatable bonds is 6. The number of nitriles is 1. The molecule has 1 saturated carbocycles. The van der Waals surface area contributed by atoms with Gasteiger partial charge in [0.15, 0.2) is 0 Å². The number of nitrogens with zero attached hydrogens (tertiary/aromatic N) is 8. The Balaban J connectivity index is 1.09. The Labute approximate surface area is 174 Å². The minimum Gasteiger partial charge on any atom is -0.478 e. The molecule has 2 aliphatic rings. The first kappa shape index (κ1) is 18.7. The van der Waals surface area contributed by atoms with Gasteiger partial charge in [-0.1, -0.05) is 0 Å². The number of fused-ring (bicyclic) bond motifs is 1. The van der Waals surface area contributed by atoms with Crippen molar-refractivity contribution in [2.45, 2.75) is 32.6 Å². The maximum absolute atomic E-state index is 9.01. The SMILES string of the molecule is Cc1nc(C#N)cc(OCCC2CC2C2CCN(c3nnc4ncccn34)CC2)n1. The highest BCUT2D eigenvalue weighted by Gasteiger charge is 2.43. The van der Waals surface area contributed by atoms with Crippen LogP contribution in [0.15, 0.2) is 24.5 Å². The Morgan fingerprint density at radius 1 is 1.23 bits per heavy atom. The van der Waals surface area contributed by atoms with Crippen LogP contribution in [0.5, 0.6) is 5.88 Å². The van der Waals surface area contributed by atoms with Crippen LogP contribution in [0.4, 0.5) is 5.95 Å². The number of aryl methyl sites for hydroxylation is 1. The zero-order valence-electron chi connectivity index (χ0n) is 17.0. The van der Waals surface area contributed by atoms with Crippen molar-refractivity contribution in [1.82, 2.24) is 29.5 Å². The maximum Gasteiger partial charge on any atom is 0.256 e. The first-order valence-electron chi connectivity index (χ1n) is 10.5. The van der Waals surface area contributed by atoms with Crippen molar-refractivity contribution in [2.75, 3.05) is 24.6 Å². The van der Waals surface area contributed by atoms with Crippen LogP contribution in [-0.4, -0.2) is 49.2 Å². The zero-order chi connectivity index (χ0) is 20.5. The average molecular weight is 404 g/mol. The summed E-state index contributed by atoms with van der Waals surface area (Å²) in [6.45, 7) is 4.43. The molecule has 0 spiro atoms. The van der Waals surface area contributed by atoms with Gasteiger partial charge in [-0.15, -0.1) is 10.2 Å². The molecule has 2 fully saturated rings. The van der Waals surface area contributed by atoms with Crippen LogP contribution in [0.1, 0.15) is 37.2 Å². The van der Waals surface area contributed by atoms with E-state index in [2.05, 4.69) is 30.0 Å². The molecule has 0 aromatic carbocycles. The van der Waals surface area contributed by atoms with Gasteiger partial charge < -0.3 is 9.64 Å². The van der Waals surface area contributed by atoms with Crippen molar-refractivity contribution in [3.8, 4) is 11.9 Å².